The van der Waals surface area contributed by atoms with E-state index >= 15 is 0 Å². The number of hydrogen-bond acceptors (Lipinski definition) is 3. The van der Waals surface area contributed by atoms with E-state index in [9.17, 15) is 8.42 Å². The van der Waals surface area contributed by atoms with Crippen LogP contribution < -0.4 is 5.14 Å². The fourth-order valence-corrected chi connectivity index (χ4v) is 4.14. The van der Waals surface area contributed by atoms with Crippen LogP contribution in [0.3, 0.4) is 0 Å². The van der Waals surface area contributed by atoms with Crippen LogP contribution in [0.2, 0.25) is 0 Å². The predicted octanol–water partition coefficient (Wildman–Crippen LogP) is 1.84. The predicted molar refractivity (Wildman–Crippen MR) is 77.6 cm³/mol. The maximum Gasteiger partial charge on any atom is 0.215 e. The molecule has 2 unspecified atom stereocenters. The molecule has 2 N–H and O–H groups in total. The van der Waals surface area contributed by atoms with Gasteiger partial charge in [0.25, 0.3) is 0 Å². The number of primary sulfonamides is 1. The average molecular weight is 288 g/mol. The zero-order valence-electron chi connectivity index (χ0n) is 10.9. The van der Waals surface area contributed by atoms with Crippen molar-refractivity contribution in [2.45, 2.75) is 23.5 Å². The van der Waals surface area contributed by atoms with Gasteiger partial charge in [-0.2, -0.15) is 0 Å². The lowest BCUT2D eigenvalue weighted by Crippen LogP contribution is -2.34. The molecule has 1 fully saturated rings. The Labute approximate surface area is 118 Å². The van der Waals surface area contributed by atoms with Crippen molar-refractivity contribution in [2.24, 2.45) is 5.14 Å². The van der Waals surface area contributed by atoms with Crippen molar-refractivity contribution in [3.63, 3.8) is 0 Å². The van der Waals surface area contributed by atoms with Crippen LogP contribution in [0.1, 0.15) is 23.5 Å². The fraction of sp³-hybridized carbons (Fsp3) is 0.267. The van der Waals surface area contributed by atoms with Gasteiger partial charge in [0.15, 0.2) is 0 Å². The third-order valence-corrected chi connectivity index (χ3v) is 5.75. The van der Waals surface area contributed by atoms with Gasteiger partial charge in [-0.3, -0.25) is 4.98 Å². The highest BCUT2D eigenvalue weighted by atomic mass is 32.2. The molecular formula is C15H16N2O2S. The Bertz CT molecular complexity index is 701. The lowest BCUT2D eigenvalue weighted by Gasteiger charge is -2.15. The van der Waals surface area contributed by atoms with Crippen molar-refractivity contribution in [1.82, 2.24) is 4.98 Å². The molecular weight excluding hydrogens is 272 g/mol. The first kappa shape index (κ1) is 13.3. The van der Waals surface area contributed by atoms with E-state index < -0.39 is 14.8 Å². The molecule has 1 aromatic heterocycles. The summed E-state index contributed by atoms with van der Waals surface area (Å²) in [5.41, 5.74) is 1.94. The fourth-order valence-electron chi connectivity index (χ4n) is 2.84. The molecule has 0 radical (unpaired) electrons. The Morgan fingerprint density at radius 3 is 2.55 bits per heavy atom. The summed E-state index contributed by atoms with van der Waals surface area (Å²) in [7, 11) is -3.61. The van der Waals surface area contributed by atoms with Crippen LogP contribution >= 0.6 is 0 Å². The summed E-state index contributed by atoms with van der Waals surface area (Å²) in [5, 5.41) is 5.50. The largest absolute Gasteiger partial charge is 0.264 e. The molecule has 1 saturated carbocycles. The Hall–Kier alpha value is -1.72. The van der Waals surface area contributed by atoms with Gasteiger partial charge in [-0.15, -0.1) is 0 Å². The molecule has 2 aromatic rings. The molecule has 1 aliphatic carbocycles. The molecule has 5 heteroatoms. The van der Waals surface area contributed by atoms with Gasteiger partial charge < -0.3 is 0 Å². The standard InChI is InChI=1S/C15H16N2O2S/c16-20(18,19)15(9-12-5-2-1-3-6-12)10-14(15)13-7-4-8-17-11-13/h1-8,11,14H,9-10H2,(H2,16,18,19). The normalized spacial score (nSPS) is 25.4. The Balaban J connectivity index is 1.94. The molecule has 1 aliphatic rings. The van der Waals surface area contributed by atoms with Gasteiger partial charge in [0.1, 0.15) is 0 Å². The Kier molecular flexibility index (Phi) is 3.11. The molecule has 0 spiro atoms. The van der Waals surface area contributed by atoms with Crippen molar-refractivity contribution < 1.29 is 8.42 Å². The average Bonchev–Trinajstić information content (AvgIpc) is 3.16. The Morgan fingerprint density at radius 1 is 1.20 bits per heavy atom. The summed E-state index contributed by atoms with van der Waals surface area (Å²) in [6.07, 6.45) is 4.42. The van der Waals surface area contributed by atoms with Crippen molar-refractivity contribution >= 4 is 10.0 Å². The Morgan fingerprint density at radius 2 is 1.95 bits per heavy atom. The minimum atomic E-state index is -3.61. The smallest absolute Gasteiger partial charge is 0.215 e. The number of pyridine rings is 1. The van der Waals surface area contributed by atoms with Crippen molar-refractivity contribution in [1.29, 1.82) is 0 Å². The minimum absolute atomic E-state index is 0.0635. The van der Waals surface area contributed by atoms with E-state index in [-0.39, 0.29) is 5.92 Å². The highest BCUT2D eigenvalue weighted by Crippen LogP contribution is 2.57. The second-order valence-electron chi connectivity index (χ2n) is 5.32. The first-order chi connectivity index (χ1) is 9.53. The number of nitrogens with two attached hydrogens (primary N) is 1. The molecule has 20 heavy (non-hydrogen) atoms. The number of rotatable bonds is 4. The molecule has 0 bridgehead atoms. The third kappa shape index (κ3) is 2.23. The van der Waals surface area contributed by atoms with Gasteiger partial charge in [0.2, 0.25) is 10.0 Å². The molecule has 104 valence electrons. The maximum absolute atomic E-state index is 12.1. The van der Waals surface area contributed by atoms with Crippen LogP contribution in [-0.2, 0) is 16.4 Å². The summed E-state index contributed by atoms with van der Waals surface area (Å²) in [6.45, 7) is 0. The molecule has 1 heterocycles. The van der Waals surface area contributed by atoms with E-state index in [0.717, 1.165) is 11.1 Å². The lowest BCUT2D eigenvalue weighted by molar-refractivity contribution is 0.574. The van der Waals surface area contributed by atoms with Crippen LogP contribution in [0.4, 0.5) is 0 Å². The van der Waals surface area contributed by atoms with E-state index in [1.807, 2.05) is 42.5 Å². The summed E-state index contributed by atoms with van der Waals surface area (Å²) in [6, 6.07) is 13.3. The minimum Gasteiger partial charge on any atom is -0.264 e. The first-order valence-electron chi connectivity index (χ1n) is 6.49. The topological polar surface area (TPSA) is 73.1 Å². The molecule has 0 saturated heterocycles. The van der Waals surface area contributed by atoms with Crippen molar-refractivity contribution in [3.8, 4) is 0 Å². The highest BCUT2D eigenvalue weighted by Gasteiger charge is 2.62. The van der Waals surface area contributed by atoms with Gasteiger partial charge in [0, 0.05) is 18.3 Å². The first-order valence-corrected chi connectivity index (χ1v) is 8.04. The van der Waals surface area contributed by atoms with E-state index in [1.165, 1.54) is 0 Å². The second-order valence-corrected chi connectivity index (χ2v) is 7.22. The number of aromatic nitrogens is 1. The lowest BCUT2D eigenvalue weighted by atomic mass is 10.0. The molecule has 2 atom stereocenters. The number of sulfonamides is 1. The van der Waals surface area contributed by atoms with Crippen LogP contribution in [0, 0.1) is 0 Å². The van der Waals surface area contributed by atoms with Crippen LogP contribution in [0.15, 0.2) is 54.9 Å². The quantitative estimate of drug-likeness (QED) is 0.933. The van der Waals surface area contributed by atoms with E-state index in [2.05, 4.69) is 4.98 Å². The molecule has 3 rings (SSSR count). The van der Waals surface area contributed by atoms with E-state index in [0.29, 0.717) is 12.8 Å². The highest BCUT2D eigenvalue weighted by molar-refractivity contribution is 7.91. The van der Waals surface area contributed by atoms with Crippen LogP contribution in [-0.4, -0.2) is 18.1 Å². The summed E-state index contributed by atoms with van der Waals surface area (Å²) in [4.78, 5) is 4.06. The summed E-state index contributed by atoms with van der Waals surface area (Å²) >= 11 is 0. The number of nitrogens with zero attached hydrogens (tertiary/aromatic N) is 1. The maximum atomic E-state index is 12.1. The molecule has 4 nitrogen and oxygen atoms in total. The van der Waals surface area contributed by atoms with Gasteiger partial charge in [-0.25, -0.2) is 13.6 Å². The van der Waals surface area contributed by atoms with Gasteiger partial charge >= 0.3 is 0 Å². The third-order valence-electron chi connectivity index (χ3n) is 4.02. The zero-order valence-corrected chi connectivity index (χ0v) is 11.8. The zero-order chi connectivity index (χ0) is 14.2. The van der Waals surface area contributed by atoms with Gasteiger partial charge in [-0.1, -0.05) is 36.4 Å². The number of benzene rings is 1. The van der Waals surface area contributed by atoms with Crippen molar-refractivity contribution in [2.75, 3.05) is 0 Å². The SMILES string of the molecule is NS(=O)(=O)C1(Cc2ccccc2)CC1c1cccnc1. The summed E-state index contributed by atoms with van der Waals surface area (Å²) in [5.74, 6) is -0.0635. The number of hydrogen-bond donors (Lipinski definition) is 1. The van der Waals surface area contributed by atoms with Crippen LogP contribution in [0.25, 0.3) is 0 Å². The molecule has 0 amide bonds. The van der Waals surface area contributed by atoms with Gasteiger partial charge in [-0.05, 0) is 30.0 Å². The van der Waals surface area contributed by atoms with E-state index in [4.69, 9.17) is 5.14 Å². The van der Waals surface area contributed by atoms with E-state index in [1.54, 1.807) is 12.4 Å². The second kappa shape index (κ2) is 4.68. The monoisotopic (exact) mass is 288 g/mol. The molecule has 0 aliphatic heterocycles. The summed E-state index contributed by atoms with van der Waals surface area (Å²) < 4.78 is 23.2. The molecule has 1 aromatic carbocycles. The van der Waals surface area contributed by atoms with Crippen molar-refractivity contribution in [3.05, 3.63) is 66.0 Å². The van der Waals surface area contributed by atoms with Gasteiger partial charge in [0.05, 0.1) is 4.75 Å². The van der Waals surface area contributed by atoms with Crippen LogP contribution in [0.5, 0.6) is 0 Å².